The fourth-order valence-corrected chi connectivity index (χ4v) is 3.08. The molecule has 0 aliphatic carbocycles. The third kappa shape index (κ3) is 2.69. The van der Waals surface area contributed by atoms with E-state index in [-0.39, 0.29) is 17.7 Å². The first-order chi connectivity index (χ1) is 8.63. The van der Waals surface area contributed by atoms with Crippen molar-refractivity contribution in [3.63, 3.8) is 0 Å². The minimum Gasteiger partial charge on any atom is -0.507 e. The second-order valence-corrected chi connectivity index (χ2v) is 5.47. The van der Waals surface area contributed by atoms with Gasteiger partial charge in [-0.15, -0.1) is 0 Å². The Morgan fingerprint density at radius 2 is 2.28 bits per heavy atom. The van der Waals surface area contributed by atoms with Crippen LogP contribution in [0.1, 0.15) is 35.2 Å². The Bertz CT molecular complexity index is 447. The molecule has 0 saturated carbocycles. The van der Waals surface area contributed by atoms with Gasteiger partial charge in [0, 0.05) is 17.9 Å². The van der Waals surface area contributed by atoms with E-state index in [4.69, 9.17) is 0 Å². The molecule has 0 bridgehead atoms. The number of phenolic OH excluding ortho intramolecular Hbond substituents is 1. The molecule has 4 heteroatoms. The van der Waals surface area contributed by atoms with Crippen molar-refractivity contribution >= 4 is 21.8 Å². The summed E-state index contributed by atoms with van der Waals surface area (Å²) in [5, 5.41) is 10.7. The SMILES string of the molecule is Cc1ccc(C(=O)N2CCCCC2CBr)c(O)c1. The number of carbonyl (C=O) groups excluding carboxylic acids is 1. The second-order valence-electron chi connectivity index (χ2n) is 4.82. The van der Waals surface area contributed by atoms with E-state index < -0.39 is 0 Å². The lowest BCUT2D eigenvalue weighted by atomic mass is 10.0. The van der Waals surface area contributed by atoms with Crippen LogP contribution in [-0.4, -0.2) is 33.8 Å². The smallest absolute Gasteiger partial charge is 0.257 e. The molecule has 1 amide bonds. The van der Waals surface area contributed by atoms with E-state index >= 15 is 0 Å². The van der Waals surface area contributed by atoms with Crippen molar-refractivity contribution in [3.05, 3.63) is 29.3 Å². The molecular formula is C14H18BrNO2. The van der Waals surface area contributed by atoms with Gasteiger partial charge in [-0.3, -0.25) is 4.79 Å². The van der Waals surface area contributed by atoms with Crippen LogP contribution in [0.2, 0.25) is 0 Å². The summed E-state index contributed by atoms with van der Waals surface area (Å²) in [6.07, 6.45) is 3.24. The van der Waals surface area contributed by atoms with Crippen LogP contribution >= 0.6 is 15.9 Å². The van der Waals surface area contributed by atoms with Gasteiger partial charge in [0.2, 0.25) is 0 Å². The molecule has 1 N–H and O–H groups in total. The number of rotatable bonds is 2. The van der Waals surface area contributed by atoms with Gasteiger partial charge in [-0.1, -0.05) is 22.0 Å². The van der Waals surface area contributed by atoms with Crippen LogP contribution in [0.25, 0.3) is 0 Å². The number of alkyl halides is 1. The highest BCUT2D eigenvalue weighted by Gasteiger charge is 2.27. The zero-order valence-electron chi connectivity index (χ0n) is 10.5. The fraction of sp³-hybridized carbons (Fsp3) is 0.500. The third-order valence-electron chi connectivity index (χ3n) is 3.45. The largest absolute Gasteiger partial charge is 0.507 e. The molecule has 1 fully saturated rings. The van der Waals surface area contributed by atoms with Crippen LogP contribution in [0.5, 0.6) is 5.75 Å². The average molecular weight is 312 g/mol. The Morgan fingerprint density at radius 3 is 2.94 bits per heavy atom. The molecule has 18 heavy (non-hydrogen) atoms. The van der Waals surface area contributed by atoms with Gasteiger partial charge in [0.1, 0.15) is 5.75 Å². The maximum atomic E-state index is 12.4. The van der Waals surface area contributed by atoms with Gasteiger partial charge in [0.15, 0.2) is 0 Å². The maximum absolute atomic E-state index is 12.4. The number of likely N-dealkylation sites (tertiary alicyclic amines) is 1. The van der Waals surface area contributed by atoms with Crippen molar-refractivity contribution in [3.8, 4) is 5.75 Å². The number of piperidine rings is 1. The van der Waals surface area contributed by atoms with E-state index in [2.05, 4.69) is 15.9 Å². The number of hydrogen-bond acceptors (Lipinski definition) is 2. The number of aryl methyl sites for hydroxylation is 1. The van der Waals surface area contributed by atoms with Crippen LogP contribution in [-0.2, 0) is 0 Å². The third-order valence-corrected chi connectivity index (χ3v) is 4.20. The number of carbonyl (C=O) groups is 1. The van der Waals surface area contributed by atoms with Crippen molar-refractivity contribution in [2.24, 2.45) is 0 Å². The average Bonchev–Trinajstić information content (AvgIpc) is 2.38. The Balaban J connectivity index is 2.24. The first-order valence-corrected chi connectivity index (χ1v) is 7.42. The first-order valence-electron chi connectivity index (χ1n) is 6.30. The number of nitrogens with zero attached hydrogens (tertiary/aromatic N) is 1. The molecule has 98 valence electrons. The van der Waals surface area contributed by atoms with E-state index in [0.29, 0.717) is 5.56 Å². The molecule has 1 aliphatic rings. The van der Waals surface area contributed by atoms with Crippen molar-refractivity contribution in [2.75, 3.05) is 11.9 Å². The minimum atomic E-state index is -0.0587. The van der Waals surface area contributed by atoms with Crippen molar-refractivity contribution in [2.45, 2.75) is 32.2 Å². The lowest BCUT2D eigenvalue weighted by Crippen LogP contribution is -2.44. The number of benzene rings is 1. The second kappa shape index (κ2) is 5.74. The molecule has 1 heterocycles. The quantitative estimate of drug-likeness (QED) is 0.853. The summed E-state index contributed by atoms with van der Waals surface area (Å²) in [6, 6.07) is 5.46. The number of halogens is 1. The molecule has 1 atom stereocenters. The normalized spacial score (nSPS) is 19.9. The van der Waals surface area contributed by atoms with Crippen LogP contribution in [0.3, 0.4) is 0 Å². The van der Waals surface area contributed by atoms with Crippen molar-refractivity contribution in [1.29, 1.82) is 0 Å². The number of aromatic hydroxyl groups is 1. The van der Waals surface area contributed by atoms with Crippen LogP contribution in [0.4, 0.5) is 0 Å². The summed E-state index contributed by atoms with van der Waals surface area (Å²) >= 11 is 3.47. The molecule has 3 nitrogen and oxygen atoms in total. The molecule has 1 aromatic rings. The van der Waals surface area contributed by atoms with Crippen molar-refractivity contribution < 1.29 is 9.90 Å². The maximum Gasteiger partial charge on any atom is 0.257 e. The van der Waals surface area contributed by atoms with Gasteiger partial charge in [-0.2, -0.15) is 0 Å². The molecule has 0 spiro atoms. The summed E-state index contributed by atoms with van der Waals surface area (Å²) in [7, 11) is 0. The summed E-state index contributed by atoms with van der Waals surface area (Å²) in [4.78, 5) is 14.3. The lowest BCUT2D eigenvalue weighted by molar-refractivity contribution is 0.0639. The molecule has 1 unspecified atom stereocenters. The Labute approximate surface area is 116 Å². The molecule has 1 saturated heterocycles. The molecule has 1 aliphatic heterocycles. The fourth-order valence-electron chi connectivity index (χ4n) is 2.41. The lowest BCUT2D eigenvalue weighted by Gasteiger charge is -2.35. The van der Waals surface area contributed by atoms with Gasteiger partial charge in [-0.25, -0.2) is 0 Å². The number of hydrogen-bond donors (Lipinski definition) is 1. The van der Waals surface area contributed by atoms with Gasteiger partial charge >= 0.3 is 0 Å². The zero-order valence-corrected chi connectivity index (χ0v) is 12.1. The van der Waals surface area contributed by atoms with E-state index in [9.17, 15) is 9.90 Å². The highest BCUT2D eigenvalue weighted by atomic mass is 79.9. The van der Waals surface area contributed by atoms with Gasteiger partial charge < -0.3 is 10.0 Å². The highest BCUT2D eigenvalue weighted by Crippen LogP contribution is 2.25. The Kier molecular flexibility index (Phi) is 4.27. The summed E-state index contributed by atoms with van der Waals surface area (Å²) in [6.45, 7) is 2.68. The van der Waals surface area contributed by atoms with E-state index in [1.165, 1.54) is 6.42 Å². The van der Waals surface area contributed by atoms with Crippen LogP contribution in [0, 0.1) is 6.92 Å². The van der Waals surface area contributed by atoms with Crippen LogP contribution in [0.15, 0.2) is 18.2 Å². The molecule has 0 radical (unpaired) electrons. The predicted octanol–water partition coefficient (Wildman–Crippen LogP) is 3.09. The number of amides is 1. The minimum absolute atomic E-state index is 0.0587. The zero-order chi connectivity index (χ0) is 13.1. The predicted molar refractivity (Wildman–Crippen MR) is 75.3 cm³/mol. The summed E-state index contributed by atoms with van der Waals surface area (Å²) in [5.41, 5.74) is 1.37. The highest BCUT2D eigenvalue weighted by molar-refractivity contribution is 9.09. The van der Waals surface area contributed by atoms with Gasteiger partial charge in [0.05, 0.1) is 5.56 Å². The van der Waals surface area contributed by atoms with E-state index in [0.717, 1.165) is 30.3 Å². The molecule has 2 rings (SSSR count). The van der Waals surface area contributed by atoms with Crippen molar-refractivity contribution in [1.82, 2.24) is 4.90 Å². The summed E-state index contributed by atoms with van der Waals surface area (Å²) in [5.74, 6) is 0.0237. The standard InChI is InChI=1S/C14H18BrNO2/c1-10-5-6-12(13(17)8-10)14(18)16-7-3-2-4-11(16)9-15/h5-6,8,11,17H,2-4,7,9H2,1H3. The molecule has 0 aromatic heterocycles. The molecule has 1 aromatic carbocycles. The topological polar surface area (TPSA) is 40.5 Å². The Morgan fingerprint density at radius 1 is 1.50 bits per heavy atom. The first kappa shape index (κ1) is 13.4. The van der Waals surface area contributed by atoms with Gasteiger partial charge in [-0.05, 0) is 43.9 Å². The van der Waals surface area contributed by atoms with E-state index in [1.807, 2.05) is 17.9 Å². The van der Waals surface area contributed by atoms with Crippen LogP contribution < -0.4 is 0 Å². The Hall–Kier alpha value is -1.03. The molecular weight excluding hydrogens is 294 g/mol. The summed E-state index contributed by atoms with van der Waals surface area (Å²) < 4.78 is 0. The van der Waals surface area contributed by atoms with E-state index in [1.54, 1.807) is 12.1 Å². The number of phenols is 1. The van der Waals surface area contributed by atoms with Gasteiger partial charge in [0.25, 0.3) is 5.91 Å². The monoisotopic (exact) mass is 311 g/mol.